The minimum atomic E-state index is -4.16. The van der Waals surface area contributed by atoms with Crippen LogP contribution >= 0.6 is 11.8 Å². The monoisotopic (exact) mass is 495 g/mol. The van der Waals surface area contributed by atoms with E-state index in [-0.39, 0.29) is 27.8 Å². The van der Waals surface area contributed by atoms with Gasteiger partial charge in [0.1, 0.15) is 4.90 Å². The van der Waals surface area contributed by atoms with Gasteiger partial charge in [-0.15, -0.1) is 0 Å². The first-order valence-corrected chi connectivity index (χ1v) is 12.5. The van der Waals surface area contributed by atoms with Crippen molar-refractivity contribution in [1.82, 2.24) is 4.90 Å². The van der Waals surface area contributed by atoms with Crippen LogP contribution in [0.5, 0.6) is 11.5 Å². The lowest BCUT2D eigenvalue weighted by molar-refractivity contribution is -0.123. The van der Waals surface area contributed by atoms with Crippen molar-refractivity contribution in [2.45, 2.75) is 18.4 Å². The van der Waals surface area contributed by atoms with Gasteiger partial charge in [-0.2, -0.15) is 8.42 Å². The highest BCUT2D eigenvalue weighted by Gasteiger charge is 2.35. The lowest BCUT2D eigenvalue weighted by Crippen LogP contribution is -2.27. The van der Waals surface area contributed by atoms with Crippen LogP contribution in [0.3, 0.4) is 0 Å². The van der Waals surface area contributed by atoms with E-state index < -0.39 is 21.3 Å². The van der Waals surface area contributed by atoms with E-state index in [1.165, 1.54) is 25.3 Å². The molecular formula is C25H21NO6S2. The van der Waals surface area contributed by atoms with E-state index in [1.807, 2.05) is 31.2 Å². The van der Waals surface area contributed by atoms with Gasteiger partial charge in [0.15, 0.2) is 11.5 Å². The lowest BCUT2D eigenvalue weighted by Gasteiger charge is -2.14. The summed E-state index contributed by atoms with van der Waals surface area (Å²) in [5.74, 6) is -0.359. The molecule has 1 aliphatic heterocycles. The molecule has 7 nitrogen and oxygen atoms in total. The van der Waals surface area contributed by atoms with Crippen LogP contribution in [0.4, 0.5) is 4.79 Å². The van der Waals surface area contributed by atoms with Crippen LogP contribution < -0.4 is 8.92 Å². The number of para-hydroxylation sites is 1. The summed E-state index contributed by atoms with van der Waals surface area (Å²) >= 11 is 0.789. The van der Waals surface area contributed by atoms with Crippen molar-refractivity contribution < 1.29 is 26.9 Å². The zero-order valence-corrected chi connectivity index (χ0v) is 20.1. The smallest absolute Gasteiger partial charge is 0.339 e. The van der Waals surface area contributed by atoms with Crippen LogP contribution in [0.15, 0.2) is 82.6 Å². The van der Waals surface area contributed by atoms with E-state index in [2.05, 4.69) is 0 Å². The molecule has 0 radical (unpaired) electrons. The van der Waals surface area contributed by atoms with E-state index in [0.717, 1.165) is 27.8 Å². The van der Waals surface area contributed by atoms with Gasteiger partial charge in [-0.3, -0.25) is 14.5 Å². The molecule has 0 bridgehead atoms. The predicted octanol–water partition coefficient (Wildman–Crippen LogP) is 5.01. The molecule has 0 atom stereocenters. The number of rotatable bonds is 7. The Labute approximate surface area is 202 Å². The Kier molecular flexibility index (Phi) is 6.76. The molecule has 3 aromatic carbocycles. The average Bonchev–Trinajstić information content (AvgIpc) is 3.08. The van der Waals surface area contributed by atoms with Gasteiger partial charge >= 0.3 is 10.1 Å². The second-order valence-corrected chi connectivity index (χ2v) is 10.0. The van der Waals surface area contributed by atoms with Crippen molar-refractivity contribution in [3.63, 3.8) is 0 Å². The van der Waals surface area contributed by atoms with E-state index in [9.17, 15) is 18.0 Å². The zero-order valence-electron chi connectivity index (χ0n) is 18.4. The molecule has 0 N–H and O–H groups in total. The Morgan fingerprint density at radius 3 is 2.41 bits per heavy atom. The summed E-state index contributed by atoms with van der Waals surface area (Å²) in [7, 11) is -2.77. The summed E-state index contributed by atoms with van der Waals surface area (Å²) in [6.07, 6.45) is 1.44. The minimum absolute atomic E-state index is 0.0228. The first kappa shape index (κ1) is 23.6. The van der Waals surface area contributed by atoms with E-state index >= 15 is 0 Å². The molecule has 0 unspecified atom stereocenters. The molecular weight excluding hydrogens is 474 g/mol. The third-order valence-corrected chi connectivity index (χ3v) is 7.18. The number of carbonyl (C=O) groups excluding carboxylic acids is 2. The number of hydrogen-bond acceptors (Lipinski definition) is 7. The molecule has 1 heterocycles. The van der Waals surface area contributed by atoms with Crippen LogP contribution in [-0.4, -0.2) is 31.6 Å². The molecule has 9 heteroatoms. The number of imide groups is 1. The highest BCUT2D eigenvalue weighted by molar-refractivity contribution is 8.18. The van der Waals surface area contributed by atoms with Crippen LogP contribution in [-0.2, 0) is 21.5 Å². The molecule has 2 amide bonds. The molecule has 1 saturated heterocycles. The van der Waals surface area contributed by atoms with Crippen LogP contribution in [0.2, 0.25) is 0 Å². The maximum Gasteiger partial charge on any atom is 0.339 e. The number of ether oxygens (including phenoxy) is 1. The number of hydrogen-bond donors (Lipinski definition) is 0. The molecule has 3 aromatic rings. The Morgan fingerprint density at radius 1 is 0.971 bits per heavy atom. The molecule has 1 fully saturated rings. The summed E-state index contributed by atoms with van der Waals surface area (Å²) in [5, 5.41) is -0.403. The molecule has 174 valence electrons. The molecule has 34 heavy (non-hydrogen) atoms. The fraction of sp³-hybridized carbons (Fsp3) is 0.120. The molecule has 0 aliphatic carbocycles. The van der Waals surface area contributed by atoms with Crippen LogP contribution in [0.25, 0.3) is 6.08 Å². The van der Waals surface area contributed by atoms with Crippen molar-refractivity contribution in [2.24, 2.45) is 0 Å². The van der Waals surface area contributed by atoms with E-state index in [0.29, 0.717) is 5.56 Å². The Morgan fingerprint density at radius 2 is 1.71 bits per heavy atom. The van der Waals surface area contributed by atoms with Crippen molar-refractivity contribution in [3.8, 4) is 11.5 Å². The van der Waals surface area contributed by atoms with E-state index in [4.69, 9.17) is 8.92 Å². The Hall–Kier alpha value is -3.56. The Bertz CT molecular complexity index is 1380. The maximum atomic E-state index is 13.0. The fourth-order valence-corrected chi connectivity index (χ4v) is 5.23. The molecule has 1 aliphatic rings. The highest BCUT2D eigenvalue weighted by Crippen LogP contribution is 2.39. The van der Waals surface area contributed by atoms with Gasteiger partial charge in [-0.1, -0.05) is 60.2 Å². The van der Waals surface area contributed by atoms with Crippen molar-refractivity contribution in [1.29, 1.82) is 0 Å². The van der Waals surface area contributed by atoms with Crippen molar-refractivity contribution >= 4 is 39.1 Å². The number of carbonyl (C=O) groups is 2. The average molecular weight is 496 g/mol. The zero-order chi connectivity index (χ0) is 24.3. The second-order valence-electron chi connectivity index (χ2n) is 7.49. The number of benzene rings is 3. The molecule has 0 saturated carbocycles. The van der Waals surface area contributed by atoms with E-state index in [1.54, 1.807) is 36.4 Å². The number of nitrogens with zero attached hydrogens (tertiary/aromatic N) is 1. The number of amides is 2. The predicted molar refractivity (Wildman–Crippen MR) is 130 cm³/mol. The van der Waals surface area contributed by atoms with Crippen LogP contribution in [0, 0.1) is 6.92 Å². The molecule has 4 rings (SSSR count). The third-order valence-electron chi connectivity index (χ3n) is 5.04. The number of methoxy groups -OCH3 is 1. The summed E-state index contributed by atoms with van der Waals surface area (Å²) < 4.78 is 36.4. The summed E-state index contributed by atoms with van der Waals surface area (Å²) in [6, 6.07) is 20.1. The quantitative estimate of drug-likeness (QED) is 0.336. The van der Waals surface area contributed by atoms with Gasteiger partial charge in [-0.05, 0) is 48.5 Å². The molecule has 0 spiro atoms. The summed E-state index contributed by atoms with van der Waals surface area (Å²) in [6.45, 7) is 2.08. The van der Waals surface area contributed by atoms with Crippen LogP contribution in [0.1, 0.15) is 16.7 Å². The number of aryl methyl sites for hydroxylation is 1. The second kappa shape index (κ2) is 9.74. The largest absolute Gasteiger partial charge is 0.493 e. The summed E-state index contributed by atoms with van der Waals surface area (Å²) in [5.41, 5.74) is 2.15. The normalized spacial score (nSPS) is 15.1. The number of thioether (sulfide) groups is 1. The van der Waals surface area contributed by atoms with Crippen molar-refractivity contribution in [3.05, 3.63) is 94.4 Å². The topological polar surface area (TPSA) is 90.0 Å². The van der Waals surface area contributed by atoms with Crippen molar-refractivity contribution in [2.75, 3.05) is 7.11 Å². The minimum Gasteiger partial charge on any atom is -0.493 e. The lowest BCUT2D eigenvalue weighted by atomic mass is 10.1. The van der Waals surface area contributed by atoms with Gasteiger partial charge in [0.25, 0.3) is 11.1 Å². The third kappa shape index (κ3) is 5.00. The first-order chi connectivity index (χ1) is 16.3. The maximum absolute atomic E-state index is 13.0. The molecule has 0 aromatic heterocycles. The van der Waals surface area contributed by atoms with Gasteiger partial charge in [0.05, 0.1) is 18.6 Å². The summed E-state index contributed by atoms with van der Waals surface area (Å²) in [4.78, 5) is 26.9. The van der Waals surface area contributed by atoms with Gasteiger partial charge in [0.2, 0.25) is 0 Å². The fourth-order valence-electron chi connectivity index (χ4n) is 3.41. The standard InChI is InChI=1S/C25H21NO6S2/c1-17-8-6-9-18(14-17)16-26-24(27)22(33-25(26)28)15-19-10-7-13-21(31-2)23(19)32-34(29,30)20-11-4-3-5-12-20/h3-15H,16H2,1-2H3/b22-15-. The van der Waals surface area contributed by atoms with Gasteiger partial charge in [0, 0.05) is 5.56 Å². The SMILES string of the molecule is COc1cccc(/C=C2\SC(=O)N(Cc3cccc(C)c3)C2=O)c1OS(=O)(=O)c1ccccc1. The van der Waals surface area contributed by atoms with Gasteiger partial charge in [-0.25, -0.2) is 0 Å². The highest BCUT2D eigenvalue weighted by atomic mass is 32.2. The first-order valence-electron chi connectivity index (χ1n) is 10.3. The Balaban J connectivity index is 1.67. The van der Waals surface area contributed by atoms with Gasteiger partial charge < -0.3 is 8.92 Å².